The maximum Gasteiger partial charge on any atom is 0.313 e. The third kappa shape index (κ3) is 5.00. The fraction of sp³-hybridized carbons (Fsp3) is 0.324. The highest BCUT2D eigenvalue weighted by atomic mass is 16.6. The zero-order valence-corrected chi connectivity index (χ0v) is 22.9. The molecule has 4 aromatic rings. The average Bonchev–Trinajstić information content (AvgIpc) is 2.90. The van der Waals surface area contributed by atoms with Gasteiger partial charge < -0.3 is 4.74 Å². The quantitative estimate of drug-likeness (QED) is 0.193. The van der Waals surface area contributed by atoms with Gasteiger partial charge in [-0.1, -0.05) is 60.7 Å². The van der Waals surface area contributed by atoms with Crippen LogP contribution in [0.15, 0.2) is 77.8 Å². The number of carbonyl (C=O) groups is 2. The number of esters is 1. The Labute approximate surface area is 224 Å². The molecule has 0 saturated heterocycles. The van der Waals surface area contributed by atoms with E-state index in [1.54, 1.807) is 6.21 Å². The van der Waals surface area contributed by atoms with E-state index in [0.29, 0.717) is 0 Å². The molecule has 1 unspecified atom stereocenters. The van der Waals surface area contributed by atoms with Crippen LogP contribution in [-0.4, -0.2) is 23.6 Å². The summed E-state index contributed by atoms with van der Waals surface area (Å²) in [6.07, 6.45) is 4.66. The molecule has 4 heteroatoms. The zero-order chi connectivity index (χ0) is 27.1. The molecule has 4 aromatic carbocycles. The number of hydrogen-bond donors (Lipinski definition) is 0. The fourth-order valence-electron chi connectivity index (χ4n) is 5.44. The lowest BCUT2D eigenvalue weighted by Crippen LogP contribution is -2.29. The standard InChI is InChI=1S/C23H24O2.C11H11NO/c1-23(2,3)25-22(24)21-10-6-9-17-19-12-11-15-7-4-5-8-16(15)18(19)13-14-20(17)21;1-11(2)7-12-9-6-4-3-5-8(9)10(11)13/h4-5,7-8,11-14,21H,6,9-10H2,1-3H3;3-7H,1-2H3. The Morgan fingerprint density at radius 1 is 0.895 bits per heavy atom. The van der Waals surface area contributed by atoms with E-state index in [1.165, 1.54) is 27.1 Å². The molecule has 1 aliphatic heterocycles. The predicted molar refractivity (Wildman–Crippen MR) is 156 cm³/mol. The van der Waals surface area contributed by atoms with E-state index in [9.17, 15) is 9.59 Å². The number of aryl methyl sites for hydroxylation is 1. The summed E-state index contributed by atoms with van der Waals surface area (Å²) in [7, 11) is 0. The number of benzene rings is 4. The Hall–Kier alpha value is -3.79. The van der Waals surface area contributed by atoms with Crippen molar-refractivity contribution in [1.82, 2.24) is 0 Å². The molecule has 0 radical (unpaired) electrons. The summed E-state index contributed by atoms with van der Waals surface area (Å²) < 4.78 is 5.68. The summed E-state index contributed by atoms with van der Waals surface area (Å²) in [6, 6.07) is 24.7. The Balaban J connectivity index is 0.000000190. The molecule has 0 saturated carbocycles. The molecule has 194 valence electrons. The highest BCUT2D eigenvalue weighted by Gasteiger charge is 2.32. The maximum absolute atomic E-state index is 12.7. The van der Waals surface area contributed by atoms with E-state index < -0.39 is 11.0 Å². The number of nitrogens with zero attached hydrogens (tertiary/aromatic N) is 1. The monoisotopic (exact) mass is 505 g/mol. The largest absolute Gasteiger partial charge is 0.459 e. The van der Waals surface area contributed by atoms with Crippen LogP contribution in [0, 0.1) is 5.41 Å². The van der Waals surface area contributed by atoms with Crippen LogP contribution >= 0.6 is 0 Å². The van der Waals surface area contributed by atoms with Crippen LogP contribution in [0.2, 0.25) is 0 Å². The number of hydrogen-bond acceptors (Lipinski definition) is 4. The summed E-state index contributed by atoms with van der Waals surface area (Å²) in [4.78, 5) is 28.8. The summed E-state index contributed by atoms with van der Waals surface area (Å²) in [5.41, 5.74) is 3.10. The van der Waals surface area contributed by atoms with Crippen molar-refractivity contribution in [2.45, 2.75) is 65.4 Å². The minimum absolute atomic E-state index is 0.0893. The van der Waals surface area contributed by atoms with Crippen molar-refractivity contribution in [2.75, 3.05) is 0 Å². The smallest absolute Gasteiger partial charge is 0.313 e. The van der Waals surface area contributed by atoms with E-state index in [0.717, 1.165) is 36.1 Å². The molecular formula is C34H35NO3. The van der Waals surface area contributed by atoms with Crippen LogP contribution in [0.25, 0.3) is 21.5 Å². The van der Waals surface area contributed by atoms with Gasteiger partial charge in [0.05, 0.1) is 17.0 Å². The average molecular weight is 506 g/mol. The highest BCUT2D eigenvalue weighted by molar-refractivity contribution is 6.14. The third-order valence-electron chi connectivity index (χ3n) is 7.32. The van der Waals surface area contributed by atoms with Crippen molar-refractivity contribution >= 4 is 45.2 Å². The molecule has 4 nitrogen and oxygen atoms in total. The van der Waals surface area contributed by atoms with Gasteiger partial charge in [0.2, 0.25) is 0 Å². The Kier molecular flexibility index (Phi) is 6.68. The summed E-state index contributed by atoms with van der Waals surface area (Å²) in [5, 5.41) is 5.10. The first kappa shape index (κ1) is 25.8. The topological polar surface area (TPSA) is 55.7 Å². The van der Waals surface area contributed by atoms with Gasteiger partial charge in [-0.05, 0) is 98.7 Å². The van der Waals surface area contributed by atoms with Crippen molar-refractivity contribution in [2.24, 2.45) is 10.4 Å². The van der Waals surface area contributed by atoms with E-state index in [-0.39, 0.29) is 17.7 Å². The molecule has 0 fully saturated rings. The Bertz CT molecular complexity index is 1570. The molecule has 38 heavy (non-hydrogen) atoms. The summed E-state index contributed by atoms with van der Waals surface area (Å²) in [5.74, 6) is -0.0782. The molecule has 1 aliphatic carbocycles. The molecule has 0 spiro atoms. The molecule has 2 aliphatic rings. The first-order chi connectivity index (χ1) is 18.0. The number of fused-ring (bicyclic) bond motifs is 6. The van der Waals surface area contributed by atoms with Crippen molar-refractivity contribution < 1.29 is 14.3 Å². The van der Waals surface area contributed by atoms with E-state index in [2.05, 4.69) is 53.5 Å². The Morgan fingerprint density at radius 2 is 1.61 bits per heavy atom. The first-order valence-corrected chi connectivity index (χ1v) is 13.4. The van der Waals surface area contributed by atoms with Crippen LogP contribution in [0.3, 0.4) is 0 Å². The fourth-order valence-corrected chi connectivity index (χ4v) is 5.44. The lowest BCUT2D eigenvalue weighted by atomic mass is 9.80. The third-order valence-corrected chi connectivity index (χ3v) is 7.32. The minimum Gasteiger partial charge on any atom is -0.459 e. The predicted octanol–water partition coefficient (Wildman–Crippen LogP) is 8.37. The van der Waals surface area contributed by atoms with Gasteiger partial charge in [0.25, 0.3) is 0 Å². The number of Topliss-reactive ketones (excluding diaryl/α,β-unsaturated/α-hetero) is 1. The van der Waals surface area contributed by atoms with Gasteiger partial charge >= 0.3 is 5.97 Å². The van der Waals surface area contributed by atoms with E-state index in [1.807, 2.05) is 58.9 Å². The number of rotatable bonds is 1. The van der Waals surface area contributed by atoms with Gasteiger partial charge in [0.15, 0.2) is 5.78 Å². The molecule has 0 aromatic heterocycles. The second kappa shape index (κ2) is 9.83. The van der Waals surface area contributed by atoms with Crippen LogP contribution in [0.4, 0.5) is 5.69 Å². The van der Waals surface area contributed by atoms with E-state index >= 15 is 0 Å². The van der Waals surface area contributed by atoms with Crippen molar-refractivity contribution in [1.29, 1.82) is 0 Å². The number of para-hydroxylation sites is 1. The molecular weight excluding hydrogens is 470 g/mol. The van der Waals surface area contributed by atoms with Crippen molar-refractivity contribution in [3.05, 3.63) is 89.5 Å². The van der Waals surface area contributed by atoms with Gasteiger partial charge in [0.1, 0.15) is 5.60 Å². The SMILES string of the molecule is CC(C)(C)OC(=O)C1CCCc2c1ccc1c2ccc2ccccc21.CC1(C)C=Nc2ccccc2C1=O. The second-order valence-electron chi connectivity index (χ2n) is 11.8. The normalized spacial score (nSPS) is 17.8. The Morgan fingerprint density at radius 3 is 2.39 bits per heavy atom. The molecule has 0 amide bonds. The van der Waals surface area contributed by atoms with Gasteiger partial charge in [-0.2, -0.15) is 0 Å². The van der Waals surface area contributed by atoms with Crippen LogP contribution in [0.5, 0.6) is 0 Å². The van der Waals surface area contributed by atoms with Crippen LogP contribution in [0.1, 0.15) is 74.9 Å². The van der Waals surface area contributed by atoms with Crippen molar-refractivity contribution in [3.63, 3.8) is 0 Å². The molecule has 6 rings (SSSR count). The molecule has 1 atom stereocenters. The van der Waals surface area contributed by atoms with Crippen molar-refractivity contribution in [3.8, 4) is 0 Å². The highest BCUT2D eigenvalue weighted by Crippen LogP contribution is 2.39. The van der Waals surface area contributed by atoms with Crippen LogP contribution in [-0.2, 0) is 16.0 Å². The number of ether oxygens (including phenoxy) is 1. The summed E-state index contributed by atoms with van der Waals surface area (Å²) in [6.45, 7) is 9.56. The molecule has 0 N–H and O–H groups in total. The first-order valence-electron chi connectivity index (χ1n) is 13.4. The minimum atomic E-state index is -0.450. The molecule has 1 heterocycles. The molecule has 0 bridgehead atoms. The van der Waals surface area contributed by atoms with Gasteiger partial charge in [-0.15, -0.1) is 0 Å². The number of ketones is 1. The summed E-state index contributed by atoms with van der Waals surface area (Å²) >= 11 is 0. The van der Waals surface area contributed by atoms with Gasteiger partial charge in [0, 0.05) is 11.8 Å². The number of carbonyl (C=O) groups excluding carboxylic acids is 2. The zero-order valence-electron chi connectivity index (χ0n) is 22.9. The lowest BCUT2D eigenvalue weighted by molar-refractivity contribution is -0.157. The van der Waals surface area contributed by atoms with Crippen LogP contribution < -0.4 is 0 Å². The number of aliphatic imine (C=N–C) groups is 1. The van der Waals surface area contributed by atoms with E-state index in [4.69, 9.17) is 4.74 Å². The second-order valence-corrected chi connectivity index (χ2v) is 11.8. The van der Waals surface area contributed by atoms with Gasteiger partial charge in [-0.3, -0.25) is 14.6 Å². The maximum atomic E-state index is 12.7. The van der Waals surface area contributed by atoms with Gasteiger partial charge in [-0.25, -0.2) is 0 Å². The lowest BCUT2D eigenvalue weighted by Gasteiger charge is -2.29.